The predicted molar refractivity (Wildman–Crippen MR) is 495 cm³/mol. The molecular weight excluding hydrogens is 2100 g/mol. The summed E-state index contributed by atoms with van der Waals surface area (Å²) in [6.45, 7) is 8.78. The van der Waals surface area contributed by atoms with E-state index in [1.807, 2.05) is 41.1 Å². The van der Waals surface area contributed by atoms with Gasteiger partial charge >= 0.3 is 29.9 Å². The molecule has 4 fully saturated rings. The lowest BCUT2D eigenvalue weighted by atomic mass is 9.94. The molecule has 130 heavy (non-hydrogen) atoms. The summed E-state index contributed by atoms with van der Waals surface area (Å²) >= 11 is 19.2. The number of amides is 2. The SMILES string of the molecule is CCOC(=O)C1=C2CC(NS(C)(=O)=O)CN2C(c2nccs2)=N[C@H]1c1ccc(F)cc1Br.CCOC(=O)C1=C2C[C@@H](NS(=O)(=O)NC)CN2C(c2nccs2)=N[C@H]1c1ccc(F)cc1Br.CCOC(=O)C1=C2C[C@H](NC(=O)NC)CN2C(c2nccs2)=N[C@H]1c1ccc(F)cc1Br.CCOC(=O)C1=C2C[C@H](NS(=O)(=O)NC)CN2C(c2nccs2)=N[C@H]1c1ccc(F)cc1Br. The highest BCUT2D eigenvalue weighted by Crippen LogP contribution is 2.49. The van der Waals surface area contributed by atoms with Gasteiger partial charge in [-0.05, 0) is 98.5 Å². The van der Waals surface area contributed by atoms with Gasteiger partial charge in [-0.25, -0.2) is 84.1 Å². The van der Waals surface area contributed by atoms with E-state index in [2.05, 4.69) is 118 Å². The maximum Gasteiger partial charge on any atom is 0.338 e. The van der Waals surface area contributed by atoms with Gasteiger partial charge in [-0.3, -0.25) is 20.0 Å². The van der Waals surface area contributed by atoms with Gasteiger partial charge in [-0.15, -0.1) is 45.3 Å². The van der Waals surface area contributed by atoms with Crippen molar-refractivity contribution in [3.8, 4) is 0 Å². The van der Waals surface area contributed by atoms with Crippen LogP contribution in [0.25, 0.3) is 0 Å². The number of esters is 4. The number of sulfonamides is 1. The van der Waals surface area contributed by atoms with Crippen LogP contribution in [-0.4, -0.2) is 222 Å². The van der Waals surface area contributed by atoms with E-state index in [1.165, 1.54) is 108 Å². The van der Waals surface area contributed by atoms with E-state index in [0.29, 0.717) is 137 Å². The Balaban J connectivity index is 0.000000148. The highest BCUT2D eigenvalue weighted by molar-refractivity contribution is 9.11. The van der Waals surface area contributed by atoms with Crippen molar-refractivity contribution in [1.82, 2.24) is 73.8 Å². The number of fused-ring (bicyclic) bond motifs is 4. The number of thiazole rings is 4. The van der Waals surface area contributed by atoms with E-state index >= 15 is 0 Å². The van der Waals surface area contributed by atoms with Crippen LogP contribution in [0, 0.1) is 23.3 Å². The zero-order valence-corrected chi connectivity index (χ0v) is 82.1. The van der Waals surface area contributed by atoms with Gasteiger partial charge in [0.05, 0.1) is 61.0 Å². The first kappa shape index (κ1) is 98.2. The highest BCUT2D eigenvalue weighted by Gasteiger charge is 2.49. The normalized spacial score (nSPS) is 20.5. The molecule has 49 heteroatoms. The van der Waals surface area contributed by atoms with Gasteiger partial charge in [-0.2, -0.15) is 26.3 Å². The lowest BCUT2D eigenvalue weighted by Crippen LogP contribution is -2.43. The number of ether oxygens (including phenoxy) is 4. The zero-order valence-electron chi connectivity index (χ0n) is 70.0. The van der Waals surface area contributed by atoms with Gasteiger partial charge in [0.1, 0.15) is 47.4 Å². The Morgan fingerprint density at radius 2 is 0.646 bits per heavy atom. The molecule has 8 atom stereocenters. The number of carbonyl (C=O) groups excluding carboxylic acids is 5. The molecule has 0 aliphatic carbocycles. The van der Waals surface area contributed by atoms with Crippen molar-refractivity contribution in [2.75, 3.05) is 80.0 Å². The van der Waals surface area contributed by atoms with E-state index in [1.54, 1.807) is 83.8 Å². The second-order valence-electron chi connectivity index (χ2n) is 29.1. The van der Waals surface area contributed by atoms with E-state index in [0.717, 1.165) is 6.26 Å². The Bertz CT molecular complexity index is 6090. The Morgan fingerprint density at radius 1 is 0.400 bits per heavy atom. The summed E-state index contributed by atoms with van der Waals surface area (Å²) in [5, 5.41) is 15.3. The molecular formula is C81H83Br4F4N19O15S7. The van der Waals surface area contributed by atoms with Crippen molar-refractivity contribution in [3.05, 3.63) is 248 Å². The first-order valence-electron chi connectivity index (χ1n) is 39.9. The molecule has 12 heterocycles. The fourth-order valence-corrected chi connectivity index (χ4v) is 22.5. The number of carbonyl (C=O) groups is 5. The van der Waals surface area contributed by atoms with Crippen molar-refractivity contribution in [2.45, 2.75) is 102 Å². The lowest BCUT2D eigenvalue weighted by Gasteiger charge is -2.31. The van der Waals surface area contributed by atoms with Crippen LogP contribution in [0.15, 0.2) is 202 Å². The predicted octanol–water partition coefficient (Wildman–Crippen LogP) is 11.3. The molecule has 2 amide bonds. The summed E-state index contributed by atoms with van der Waals surface area (Å²) in [5.41, 5.74) is 6.17. The van der Waals surface area contributed by atoms with Crippen LogP contribution in [0.5, 0.6) is 0 Å². The smallest absolute Gasteiger partial charge is 0.338 e. The van der Waals surface area contributed by atoms with Crippen LogP contribution >= 0.6 is 109 Å². The summed E-state index contributed by atoms with van der Waals surface area (Å²) in [5.74, 6) is -1.68. The Morgan fingerprint density at radius 3 is 0.862 bits per heavy atom. The van der Waals surface area contributed by atoms with Gasteiger partial charge in [0.15, 0.2) is 43.4 Å². The molecule has 0 saturated carbocycles. The standard InChI is InChI=1S/C21H21BrFN5O3S.2C20H21BrFN5O4S2.C20H20BrFN4O4S2/c1-3-31-20(29)16-15-9-12(26-21(30)24-2)10-28(15)18(19-25-6-7-32-19)27-17(16)13-5-4-11(23)8-14(13)22;2*1-3-31-20(28)16-15-9-12(26-33(29,30)23-2)10-27(15)18(19-24-6-7-32-19)25-17(16)13-5-4-11(22)8-14(13)21;1-3-30-20(27)16-15-9-12(25-32(2,28)29)10-26(15)18(19-23-6-7-31-19)24-17(16)13-5-4-11(22)8-14(13)21/h4-8,12,17H,3,9-10H2,1-2H3,(H2,24,26,30);2*4-8,12,17,23,26H,3,9-10H2,1-2H3;4-8,12,17,25H,3,9-10H2,1-2H3/t12-,17-;12-,17+;12-,17-;12?,17-/m0100/s1. The maximum atomic E-state index is 13.8. The molecule has 1 unspecified atom stereocenters. The molecule has 34 nitrogen and oxygen atoms in total. The third kappa shape index (κ3) is 22.6. The molecule has 4 saturated heterocycles. The fraction of sp³-hybridized carbons (Fsp3) is 0.346. The number of aromatic nitrogens is 4. The van der Waals surface area contributed by atoms with Gasteiger partial charge in [0.25, 0.3) is 20.4 Å². The third-order valence-corrected chi connectivity index (χ3v) is 29.6. The summed E-state index contributed by atoms with van der Waals surface area (Å²) in [4.78, 5) is 109. The Hall–Kier alpha value is -9.32. The minimum Gasteiger partial charge on any atom is -0.463 e. The fourth-order valence-electron chi connectivity index (χ4n) is 15.5. The number of rotatable bonds is 25. The quantitative estimate of drug-likeness (QED) is 0.0159. The Kier molecular flexibility index (Phi) is 32.3. The number of aliphatic imine (C=N–C) groups is 4. The average molecular weight is 2180 g/mol. The molecule has 8 aliphatic heterocycles. The summed E-state index contributed by atoms with van der Waals surface area (Å²) in [6, 6.07) is 11.8. The number of hydrogen-bond acceptors (Lipinski definition) is 31. The van der Waals surface area contributed by atoms with Crippen LogP contribution in [0.1, 0.15) is 120 Å². The second kappa shape index (κ2) is 42.7. The van der Waals surface area contributed by atoms with Crippen molar-refractivity contribution in [2.24, 2.45) is 20.0 Å². The number of hydrogen-bond donors (Lipinski definition) is 7. The van der Waals surface area contributed by atoms with Gasteiger partial charge in [0.2, 0.25) is 10.0 Å². The van der Waals surface area contributed by atoms with Crippen LogP contribution in [0.2, 0.25) is 0 Å². The number of urea groups is 1. The third-order valence-electron chi connectivity index (χ3n) is 20.7. The van der Waals surface area contributed by atoms with E-state index < -0.39 is 120 Å². The molecule has 8 aliphatic rings. The van der Waals surface area contributed by atoms with Crippen LogP contribution in [0.4, 0.5) is 22.4 Å². The van der Waals surface area contributed by atoms with Gasteiger partial charge in [-0.1, -0.05) is 88.0 Å². The van der Waals surface area contributed by atoms with Crippen molar-refractivity contribution >= 4 is 193 Å². The minimum absolute atomic E-state index is 0.159. The van der Waals surface area contributed by atoms with Gasteiger partial charge < -0.3 is 49.2 Å². The number of nitrogens with one attached hydrogen (secondary N) is 7. The van der Waals surface area contributed by atoms with Crippen LogP contribution < -0.4 is 34.2 Å². The van der Waals surface area contributed by atoms with Crippen molar-refractivity contribution < 1.29 is 85.7 Å². The first-order chi connectivity index (χ1) is 62.1. The summed E-state index contributed by atoms with van der Waals surface area (Å²) in [7, 11) is -6.70. The molecule has 4 aromatic carbocycles. The van der Waals surface area contributed by atoms with Gasteiger partial charge in [0, 0.05) is 178 Å². The Labute approximate surface area is 794 Å². The average Bonchev–Trinajstić information content (AvgIpc) is 1.55. The monoisotopic (exact) mass is 2180 g/mol. The molecule has 0 radical (unpaired) electrons. The maximum absolute atomic E-state index is 13.8. The van der Waals surface area contributed by atoms with Crippen LogP contribution in [0.3, 0.4) is 0 Å². The zero-order chi connectivity index (χ0) is 93.4. The van der Waals surface area contributed by atoms with E-state index in [4.69, 9.17) is 38.9 Å². The summed E-state index contributed by atoms with van der Waals surface area (Å²) in [6.07, 6.45) is 8.91. The number of amidine groups is 4. The largest absolute Gasteiger partial charge is 0.463 e. The second-order valence-corrected chi connectivity index (χ2v) is 41.1. The molecule has 16 rings (SSSR count). The molecule has 0 spiro atoms. The van der Waals surface area contributed by atoms with Crippen molar-refractivity contribution in [3.63, 3.8) is 0 Å². The minimum atomic E-state index is -3.71. The topological polar surface area (TPSA) is 423 Å². The van der Waals surface area contributed by atoms with E-state index in [9.17, 15) is 66.8 Å². The number of nitrogens with zero attached hydrogens (tertiary/aromatic N) is 12. The lowest BCUT2D eigenvalue weighted by molar-refractivity contribution is -0.140. The molecule has 4 aromatic heterocycles. The molecule has 690 valence electrons. The van der Waals surface area contributed by atoms with E-state index in [-0.39, 0.29) is 82.0 Å². The molecule has 8 aromatic rings. The first-order valence-corrected chi connectivity index (χ1v) is 51.4. The molecule has 0 bridgehead atoms. The molecule has 7 N–H and O–H groups in total. The van der Waals surface area contributed by atoms with Crippen molar-refractivity contribution in [1.29, 1.82) is 0 Å². The van der Waals surface area contributed by atoms with Crippen LogP contribution in [-0.2, 0) is 68.6 Å². The number of benzene rings is 4. The number of halogens is 8. The summed E-state index contributed by atoms with van der Waals surface area (Å²) < 4.78 is 163. The highest BCUT2D eigenvalue weighted by atomic mass is 79.9.